The van der Waals surface area contributed by atoms with Crippen LogP contribution in [0.4, 0.5) is 4.79 Å². The molecule has 2 amide bonds. The number of carbonyl (C=O) groups is 3. The van der Waals surface area contributed by atoms with Gasteiger partial charge in [0.2, 0.25) is 0 Å². The second kappa shape index (κ2) is 16.4. The van der Waals surface area contributed by atoms with Crippen molar-refractivity contribution in [1.82, 2.24) is 16.1 Å². The zero-order valence-electron chi connectivity index (χ0n) is 24.9. The minimum absolute atomic E-state index is 0.196. The van der Waals surface area contributed by atoms with E-state index in [1.165, 1.54) is 20.4 Å². The lowest BCUT2D eigenvalue weighted by atomic mass is 9.95. The van der Waals surface area contributed by atoms with Crippen molar-refractivity contribution in [1.29, 1.82) is 0 Å². The predicted molar refractivity (Wildman–Crippen MR) is 162 cm³/mol. The molecule has 2 atom stereocenters. The summed E-state index contributed by atoms with van der Waals surface area (Å²) in [5, 5.41) is 19.8. The number of carbonyl (C=O) groups excluding carboxylic acids is 3. The maximum Gasteiger partial charge on any atom is 0.344 e. The first kappa shape index (κ1) is 34.0. The highest BCUT2D eigenvalue weighted by Gasteiger charge is 2.32. The molecule has 2 aromatic rings. The Hall–Kier alpha value is -4.50. The standard InChI is InChI=1S/C29H35BrN4O10/c1-6-41-22-10-17(27-26(28(37)40-5)16(3)32-29(38)33-27)8-9-20(22)43-14-24(35)34-31-13-18-11-21(39-4)23(12-19(18)30)44-15-25(36)42-7-2/h8-13,24,27,34-35H,6-7,14-15H2,1-5H3,(H2,32,33,38)/b31-13-/t24-,27+/m1/s1. The van der Waals surface area contributed by atoms with Crippen molar-refractivity contribution < 1.29 is 47.9 Å². The highest BCUT2D eigenvalue weighted by Crippen LogP contribution is 2.35. The van der Waals surface area contributed by atoms with Gasteiger partial charge in [-0.25, -0.2) is 14.4 Å². The molecule has 0 saturated heterocycles. The molecule has 15 heteroatoms. The third-order valence-corrected chi connectivity index (χ3v) is 6.72. The molecule has 0 saturated carbocycles. The average molecular weight is 680 g/mol. The average Bonchev–Trinajstić information content (AvgIpc) is 2.99. The van der Waals surface area contributed by atoms with Gasteiger partial charge in [-0.3, -0.25) is 5.43 Å². The molecule has 0 aromatic heterocycles. The van der Waals surface area contributed by atoms with Gasteiger partial charge in [-0.15, -0.1) is 0 Å². The number of rotatable bonds is 15. The van der Waals surface area contributed by atoms with Crippen molar-refractivity contribution >= 4 is 40.1 Å². The molecule has 0 unspecified atom stereocenters. The number of hydrazone groups is 1. The van der Waals surface area contributed by atoms with Gasteiger partial charge in [0.25, 0.3) is 0 Å². The Morgan fingerprint density at radius 2 is 1.82 bits per heavy atom. The number of esters is 2. The molecule has 1 aliphatic rings. The zero-order chi connectivity index (χ0) is 32.2. The summed E-state index contributed by atoms with van der Waals surface area (Å²) < 4.78 is 32.7. The Kier molecular flexibility index (Phi) is 12.7. The fraction of sp³-hybridized carbons (Fsp3) is 0.379. The summed E-state index contributed by atoms with van der Waals surface area (Å²) in [6.07, 6.45) is 0.251. The molecule has 0 spiro atoms. The summed E-state index contributed by atoms with van der Waals surface area (Å²) in [6, 6.07) is 6.96. The van der Waals surface area contributed by atoms with Crippen molar-refractivity contribution in [2.24, 2.45) is 5.10 Å². The lowest BCUT2D eigenvalue weighted by Gasteiger charge is -2.28. The van der Waals surface area contributed by atoms with Crippen molar-refractivity contribution in [3.8, 4) is 23.0 Å². The van der Waals surface area contributed by atoms with Gasteiger partial charge < -0.3 is 44.2 Å². The maximum absolute atomic E-state index is 12.4. The molecule has 44 heavy (non-hydrogen) atoms. The molecule has 4 N–H and O–H groups in total. The number of nitrogens with zero attached hydrogens (tertiary/aromatic N) is 1. The normalized spacial score (nSPS) is 15.2. The van der Waals surface area contributed by atoms with Crippen molar-refractivity contribution in [2.45, 2.75) is 33.0 Å². The predicted octanol–water partition coefficient (Wildman–Crippen LogP) is 2.92. The number of urea groups is 1. The molecule has 0 bridgehead atoms. The van der Waals surface area contributed by atoms with E-state index in [0.717, 1.165) is 0 Å². The van der Waals surface area contributed by atoms with Crippen molar-refractivity contribution in [3.05, 3.63) is 57.2 Å². The first-order valence-corrected chi connectivity index (χ1v) is 14.3. The molecule has 0 aliphatic carbocycles. The Morgan fingerprint density at radius 3 is 2.50 bits per heavy atom. The van der Waals surface area contributed by atoms with Crippen LogP contribution in [0.3, 0.4) is 0 Å². The summed E-state index contributed by atoms with van der Waals surface area (Å²) in [6.45, 7) is 5.21. The van der Waals surface area contributed by atoms with Crippen LogP contribution in [-0.2, 0) is 19.1 Å². The summed E-state index contributed by atoms with van der Waals surface area (Å²) in [7, 11) is 2.72. The number of benzene rings is 2. The Bertz CT molecular complexity index is 1410. The van der Waals surface area contributed by atoms with Crippen LogP contribution in [-0.4, -0.2) is 76.2 Å². The molecular formula is C29H35BrN4O10. The Balaban J connectivity index is 1.66. The van der Waals surface area contributed by atoms with E-state index in [9.17, 15) is 19.5 Å². The third-order valence-electron chi connectivity index (χ3n) is 6.03. The van der Waals surface area contributed by atoms with Gasteiger partial charge in [0.1, 0.15) is 6.61 Å². The van der Waals surface area contributed by atoms with Crippen LogP contribution >= 0.6 is 15.9 Å². The fourth-order valence-electron chi connectivity index (χ4n) is 4.08. The minimum atomic E-state index is -1.20. The number of allylic oxidation sites excluding steroid dienone is 1. The molecule has 1 heterocycles. The minimum Gasteiger partial charge on any atom is -0.493 e. The van der Waals surface area contributed by atoms with E-state index >= 15 is 0 Å². The van der Waals surface area contributed by atoms with Gasteiger partial charge in [0.15, 0.2) is 35.8 Å². The highest BCUT2D eigenvalue weighted by atomic mass is 79.9. The first-order chi connectivity index (χ1) is 21.1. The van der Waals surface area contributed by atoms with Crippen LogP contribution in [0.5, 0.6) is 23.0 Å². The second-order valence-electron chi connectivity index (χ2n) is 9.03. The summed E-state index contributed by atoms with van der Waals surface area (Å²) in [5.74, 6) is 0.275. The van der Waals surface area contributed by atoms with Gasteiger partial charge in [-0.05, 0) is 66.5 Å². The second-order valence-corrected chi connectivity index (χ2v) is 9.89. The van der Waals surface area contributed by atoms with E-state index in [1.54, 1.807) is 51.1 Å². The van der Waals surface area contributed by atoms with Crippen LogP contribution in [0.1, 0.15) is 37.9 Å². The van der Waals surface area contributed by atoms with E-state index in [-0.39, 0.29) is 25.4 Å². The smallest absolute Gasteiger partial charge is 0.344 e. The number of hydrogen-bond acceptors (Lipinski definition) is 12. The van der Waals surface area contributed by atoms with Gasteiger partial charge >= 0.3 is 18.0 Å². The number of aliphatic hydroxyl groups excluding tert-OH is 1. The number of amides is 2. The number of halogens is 1. The molecule has 14 nitrogen and oxygen atoms in total. The van der Waals surface area contributed by atoms with E-state index in [1.807, 2.05) is 0 Å². The van der Waals surface area contributed by atoms with Gasteiger partial charge in [0, 0.05) is 15.7 Å². The summed E-state index contributed by atoms with van der Waals surface area (Å²) in [4.78, 5) is 36.2. The van der Waals surface area contributed by atoms with Crippen LogP contribution in [0.2, 0.25) is 0 Å². The largest absolute Gasteiger partial charge is 0.493 e. The van der Waals surface area contributed by atoms with Crippen molar-refractivity contribution in [2.75, 3.05) is 40.6 Å². The van der Waals surface area contributed by atoms with Gasteiger partial charge in [-0.2, -0.15) is 5.10 Å². The van der Waals surface area contributed by atoms with Crippen LogP contribution in [0.25, 0.3) is 0 Å². The van der Waals surface area contributed by atoms with Crippen molar-refractivity contribution in [3.63, 3.8) is 0 Å². The van der Waals surface area contributed by atoms with E-state index in [4.69, 9.17) is 28.4 Å². The highest BCUT2D eigenvalue weighted by molar-refractivity contribution is 9.10. The zero-order valence-corrected chi connectivity index (χ0v) is 26.5. The molecule has 1 aliphatic heterocycles. The van der Waals surface area contributed by atoms with Crippen LogP contribution in [0.15, 0.2) is 51.2 Å². The number of ether oxygens (including phenoxy) is 6. The lowest BCUT2D eigenvalue weighted by Crippen LogP contribution is -2.45. The fourth-order valence-corrected chi connectivity index (χ4v) is 4.50. The van der Waals surface area contributed by atoms with E-state index in [2.05, 4.69) is 37.1 Å². The third kappa shape index (κ3) is 9.00. The number of methoxy groups -OCH3 is 2. The SMILES string of the molecule is CCOC(=O)COc1cc(Br)c(/C=N\N[C@H](O)COc2ccc([C@@H]3NC(=O)NC(C)=C3C(=O)OC)cc2OCC)cc1OC. The molecule has 3 rings (SSSR count). The summed E-state index contributed by atoms with van der Waals surface area (Å²) >= 11 is 3.43. The molecular weight excluding hydrogens is 644 g/mol. The Morgan fingerprint density at radius 1 is 1.07 bits per heavy atom. The molecule has 2 aromatic carbocycles. The van der Waals surface area contributed by atoms with Gasteiger partial charge in [0.05, 0.1) is 45.3 Å². The quantitative estimate of drug-likeness (QED) is 0.0943. The molecule has 238 valence electrons. The number of aliphatic hydroxyl groups is 1. The monoisotopic (exact) mass is 678 g/mol. The number of nitrogens with one attached hydrogen (secondary N) is 3. The van der Waals surface area contributed by atoms with Gasteiger partial charge in [-0.1, -0.05) is 6.07 Å². The van der Waals surface area contributed by atoms with Crippen LogP contribution < -0.4 is 35.0 Å². The topological polar surface area (TPSA) is 175 Å². The molecule has 0 radical (unpaired) electrons. The maximum atomic E-state index is 12.4. The number of hydrogen-bond donors (Lipinski definition) is 4. The van der Waals surface area contributed by atoms with Crippen LogP contribution in [0, 0.1) is 0 Å². The Labute approximate surface area is 262 Å². The van der Waals surface area contributed by atoms with E-state index < -0.39 is 30.2 Å². The summed E-state index contributed by atoms with van der Waals surface area (Å²) in [5.41, 5.74) is 4.37. The van der Waals surface area contributed by atoms with E-state index in [0.29, 0.717) is 50.9 Å². The molecule has 0 fully saturated rings. The lowest BCUT2D eigenvalue weighted by molar-refractivity contribution is -0.145. The first-order valence-electron chi connectivity index (χ1n) is 13.5.